The van der Waals surface area contributed by atoms with Crippen LogP contribution in [-0.2, 0) is 4.79 Å². The summed E-state index contributed by atoms with van der Waals surface area (Å²) in [7, 11) is 0. The van der Waals surface area contributed by atoms with Crippen LogP contribution < -0.4 is 5.32 Å². The summed E-state index contributed by atoms with van der Waals surface area (Å²) in [5.74, 6) is 0.312. The Morgan fingerprint density at radius 2 is 2.00 bits per heavy atom. The topological polar surface area (TPSA) is 59.8 Å². The van der Waals surface area contributed by atoms with E-state index in [1.807, 2.05) is 54.0 Å². The van der Waals surface area contributed by atoms with Gasteiger partial charge in [-0.05, 0) is 49.1 Å². The average Bonchev–Trinajstić information content (AvgIpc) is 3.16. The maximum atomic E-state index is 12.8. The third-order valence-electron chi connectivity index (χ3n) is 4.62. The van der Waals surface area contributed by atoms with Crippen LogP contribution in [0.15, 0.2) is 60.0 Å². The second-order valence-electron chi connectivity index (χ2n) is 6.61. The Labute approximate surface area is 174 Å². The van der Waals surface area contributed by atoms with Crippen LogP contribution in [0.25, 0.3) is 5.69 Å². The number of nitrogens with zero attached hydrogens (tertiary/aromatic N) is 3. The van der Waals surface area contributed by atoms with Gasteiger partial charge in [-0.2, -0.15) is 0 Å². The highest BCUT2D eigenvalue weighted by molar-refractivity contribution is 8.00. The summed E-state index contributed by atoms with van der Waals surface area (Å²) in [6, 6.07) is 15.4. The summed E-state index contributed by atoms with van der Waals surface area (Å²) in [5, 5.41) is 12.2. The van der Waals surface area contributed by atoms with Crippen molar-refractivity contribution >= 4 is 35.0 Å². The van der Waals surface area contributed by atoms with E-state index in [1.165, 1.54) is 11.8 Å². The summed E-state index contributed by atoms with van der Waals surface area (Å²) in [6.45, 7) is 6.17. The molecular formula is C21H23ClN4OS. The number of nitrogens with one attached hydrogen (secondary N) is 1. The van der Waals surface area contributed by atoms with Crippen molar-refractivity contribution < 1.29 is 4.79 Å². The Hall–Kier alpha value is -2.31. The van der Waals surface area contributed by atoms with Gasteiger partial charge in [-0.1, -0.05) is 61.5 Å². The molecule has 146 valence electrons. The summed E-state index contributed by atoms with van der Waals surface area (Å²) in [4.78, 5) is 12.8. The largest absolute Gasteiger partial charge is 0.325 e. The summed E-state index contributed by atoms with van der Waals surface area (Å²) in [6.07, 6.45) is 2.64. The zero-order chi connectivity index (χ0) is 20.1. The first-order valence-electron chi connectivity index (χ1n) is 9.22. The number of para-hydroxylation sites is 1. The Balaban J connectivity index is 1.74. The van der Waals surface area contributed by atoms with Crippen molar-refractivity contribution in [3.8, 4) is 5.69 Å². The predicted octanol–water partition coefficient (Wildman–Crippen LogP) is 5.55. The summed E-state index contributed by atoms with van der Waals surface area (Å²) < 4.78 is 1.83. The number of benzene rings is 2. The number of hydrogen-bond acceptors (Lipinski definition) is 4. The number of aromatic nitrogens is 3. The molecule has 0 bridgehead atoms. The quantitative estimate of drug-likeness (QED) is 0.514. The molecule has 7 heteroatoms. The number of halogens is 1. The lowest BCUT2D eigenvalue weighted by molar-refractivity contribution is -0.115. The molecule has 1 amide bonds. The van der Waals surface area contributed by atoms with Gasteiger partial charge in [0.1, 0.15) is 6.33 Å². The molecule has 0 spiro atoms. The normalized spacial score (nSPS) is 13.1. The van der Waals surface area contributed by atoms with Crippen molar-refractivity contribution in [3.05, 3.63) is 65.4 Å². The molecule has 2 atom stereocenters. The molecule has 0 saturated carbocycles. The van der Waals surface area contributed by atoms with E-state index in [1.54, 1.807) is 6.33 Å². The number of anilines is 1. The van der Waals surface area contributed by atoms with Gasteiger partial charge in [-0.15, -0.1) is 10.2 Å². The number of carbonyl (C=O) groups is 1. The van der Waals surface area contributed by atoms with E-state index in [4.69, 9.17) is 11.6 Å². The predicted molar refractivity (Wildman–Crippen MR) is 115 cm³/mol. The van der Waals surface area contributed by atoms with Crippen molar-refractivity contribution in [1.82, 2.24) is 14.8 Å². The lowest BCUT2D eigenvalue weighted by atomic mass is 9.97. The van der Waals surface area contributed by atoms with Gasteiger partial charge in [0.15, 0.2) is 5.16 Å². The standard InChI is InChI=1S/C21H23ClN4OS/c1-4-14(2)18-10-5-6-11-19(18)24-20(27)15(3)28-21-25-23-13-26(21)17-9-7-8-16(22)12-17/h5-15H,4H2,1-3H3,(H,24,27). The minimum atomic E-state index is -0.341. The van der Waals surface area contributed by atoms with Crippen LogP contribution in [-0.4, -0.2) is 25.9 Å². The first-order chi connectivity index (χ1) is 13.5. The van der Waals surface area contributed by atoms with Crippen LogP contribution in [0.3, 0.4) is 0 Å². The molecule has 0 fully saturated rings. The van der Waals surface area contributed by atoms with Gasteiger partial charge in [0.05, 0.1) is 10.9 Å². The van der Waals surface area contributed by atoms with Crippen LogP contribution >= 0.6 is 23.4 Å². The van der Waals surface area contributed by atoms with Gasteiger partial charge < -0.3 is 5.32 Å². The Morgan fingerprint density at radius 3 is 2.75 bits per heavy atom. The number of hydrogen-bond donors (Lipinski definition) is 1. The fourth-order valence-corrected chi connectivity index (χ4v) is 3.84. The monoisotopic (exact) mass is 414 g/mol. The van der Waals surface area contributed by atoms with Gasteiger partial charge in [-0.3, -0.25) is 9.36 Å². The third-order valence-corrected chi connectivity index (χ3v) is 5.91. The van der Waals surface area contributed by atoms with Gasteiger partial charge in [0, 0.05) is 10.7 Å². The molecule has 2 unspecified atom stereocenters. The van der Waals surface area contributed by atoms with E-state index in [-0.39, 0.29) is 11.2 Å². The molecule has 3 aromatic rings. The molecule has 0 radical (unpaired) electrons. The van der Waals surface area contributed by atoms with E-state index in [2.05, 4.69) is 35.4 Å². The van der Waals surface area contributed by atoms with Gasteiger partial charge >= 0.3 is 0 Å². The van der Waals surface area contributed by atoms with E-state index < -0.39 is 0 Å². The maximum Gasteiger partial charge on any atom is 0.237 e. The molecule has 0 saturated heterocycles. The molecule has 2 aromatic carbocycles. The first kappa shape index (κ1) is 20.4. The number of carbonyl (C=O) groups excluding carboxylic acids is 1. The second-order valence-corrected chi connectivity index (χ2v) is 8.35. The van der Waals surface area contributed by atoms with E-state index in [0.29, 0.717) is 16.1 Å². The van der Waals surface area contributed by atoms with Crippen molar-refractivity contribution in [2.24, 2.45) is 0 Å². The Morgan fingerprint density at radius 1 is 1.21 bits per heavy atom. The fraction of sp³-hybridized carbons (Fsp3) is 0.286. The van der Waals surface area contributed by atoms with E-state index >= 15 is 0 Å². The van der Waals surface area contributed by atoms with Crippen molar-refractivity contribution in [3.63, 3.8) is 0 Å². The molecule has 28 heavy (non-hydrogen) atoms. The lowest BCUT2D eigenvalue weighted by Gasteiger charge is -2.17. The minimum absolute atomic E-state index is 0.0682. The smallest absolute Gasteiger partial charge is 0.237 e. The molecule has 3 rings (SSSR count). The van der Waals surface area contributed by atoms with Gasteiger partial charge in [0.25, 0.3) is 0 Å². The van der Waals surface area contributed by atoms with E-state index in [0.717, 1.165) is 23.4 Å². The molecule has 5 nitrogen and oxygen atoms in total. The molecule has 1 N–H and O–H groups in total. The van der Waals surface area contributed by atoms with Gasteiger partial charge in [-0.25, -0.2) is 0 Å². The number of rotatable bonds is 7. The molecule has 0 aliphatic carbocycles. The number of amides is 1. The highest BCUT2D eigenvalue weighted by atomic mass is 35.5. The number of thioether (sulfide) groups is 1. The Kier molecular flexibility index (Phi) is 6.75. The SMILES string of the molecule is CCC(C)c1ccccc1NC(=O)C(C)Sc1nncn1-c1cccc(Cl)c1. The van der Waals surface area contributed by atoms with Crippen molar-refractivity contribution in [2.75, 3.05) is 5.32 Å². The summed E-state index contributed by atoms with van der Waals surface area (Å²) in [5.41, 5.74) is 2.87. The maximum absolute atomic E-state index is 12.8. The second kappa shape index (κ2) is 9.26. The zero-order valence-electron chi connectivity index (χ0n) is 16.1. The fourth-order valence-electron chi connectivity index (χ4n) is 2.81. The van der Waals surface area contributed by atoms with Crippen molar-refractivity contribution in [2.45, 2.75) is 43.5 Å². The molecular weight excluding hydrogens is 392 g/mol. The van der Waals surface area contributed by atoms with Gasteiger partial charge in [0.2, 0.25) is 5.91 Å². The average molecular weight is 415 g/mol. The first-order valence-corrected chi connectivity index (χ1v) is 10.5. The van der Waals surface area contributed by atoms with Crippen LogP contribution in [0.5, 0.6) is 0 Å². The highest BCUT2D eigenvalue weighted by Gasteiger charge is 2.20. The van der Waals surface area contributed by atoms with Crippen LogP contribution in [0.1, 0.15) is 38.7 Å². The lowest BCUT2D eigenvalue weighted by Crippen LogP contribution is -2.23. The van der Waals surface area contributed by atoms with Crippen LogP contribution in [0, 0.1) is 0 Å². The third kappa shape index (κ3) is 4.75. The zero-order valence-corrected chi connectivity index (χ0v) is 17.7. The highest BCUT2D eigenvalue weighted by Crippen LogP contribution is 2.29. The Bertz CT molecular complexity index is 959. The molecule has 0 aliphatic rings. The van der Waals surface area contributed by atoms with Crippen LogP contribution in [0.4, 0.5) is 5.69 Å². The minimum Gasteiger partial charge on any atom is -0.325 e. The van der Waals surface area contributed by atoms with Crippen LogP contribution in [0.2, 0.25) is 5.02 Å². The molecule has 0 aliphatic heterocycles. The molecule has 1 heterocycles. The molecule has 1 aromatic heterocycles. The van der Waals surface area contributed by atoms with Crippen molar-refractivity contribution in [1.29, 1.82) is 0 Å². The summed E-state index contributed by atoms with van der Waals surface area (Å²) >= 11 is 7.45. The van der Waals surface area contributed by atoms with E-state index in [9.17, 15) is 4.79 Å².